The molecule has 0 bridgehead atoms. The first-order chi connectivity index (χ1) is 16.0. The van der Waals surface area contributed by atoms with Crippen LogP contribution in [0.1, 0.15) is 61.9 Å². The van der Waals surface area contributed by atoms with Crippen molar-refractivity contribution in [3.05, 3.63) is 35.1 Å². The van der Waals surface area contributed by atoms with E-state index in [9.17, 15) is 4.79 Å². The molecule has 0 radical (unpaired) electrons. The Balaban J connectivity index is 1.31. The second kappa shape index (κ2) is 11.0. The van der Waals surface area contributed by atoms with Crippen molar-refractivity contribution >= 4 is 34.1 Å². The average molecular weight is 489 g/mol. The third kappa shape index (κ3) is 5.83. The lowest BCUT2D eigenvalue weighted by Crippen LogP contribution is -2.14. The Morgan fingerprint density at radius 2 is 1.94 bits per heavy atom. The van der Waals surface area contributed by atoms with Crippen LogP contribution in [0.4, 0.5) is 5.13 Å². The number of hydrogen-bond acceptors (Lipinski definition) is 9. The molecular formula is C22H28N6O3S2. The summed E-state index contributed by atoms with van der Waals surface area (Å²) in [5, 5.41) is 22.0. The highest BCUT2D eigenvalue weighted by Crippen LogP contribution is 2.35. The molecule has 0 aliphatic heterocycles. The quantitative estimate of drug-likeness (QED) is 0.436. The van der Waals surface area contributed by atoms with Crippen molar-refractivity contribution in [2.45, 2.75) is 56.2 Å². The molecule has 1 fully saturated rings. The monoisotopic (exact) mass is 488 g/mol. The van der Waals surface area contributed by atoms with Crippen LogP contribution in [0.5, 0.6) is 11.5 Å². The van der Waals surface area contributed by atoms with Gasteiger partial charge in [0.15, 0.2) is 28.6 Å². The maximum Gasteiger partial charge on any atom is 0.236 e. The predicted molar refractivity (Wildman–Crippen MR) is 128 cm³/mol. The van der Waals surface area contributed by atoms with Crippen LogP contribution in [-0.4, -0.2) is 43.7 Å². The smallest absolute Gasteiger partial charge is 0.236 e. The van der Waals surface area contributed by atoms with E-state index >= 15 is 0 Å². The number of amides is 1. The molecule has 1 saturated carbocycles. The summed E-state index contributed by atoms with van der Waals surface area (Å²) in [7, 11) is 3.46. The van der Waals surface area contributed by atoms with Crippen LogP contribution in [0.25, 0.3) is 0 Å². The van der Waals surface area contributed by atoms with E-state index in [0.29, 0.717) is 33.5 Å². The maximum absolute atomic E-state index is 12.4. The zero-order valence-corrected chi connectivity index (χ0v) is 20.6. The van der Waals surface area contributed by atoms with Crippen molar-refractivity contribution in [1.82, 2.24) is 25.0 Å². The molecule has 11 heteroatoms. The lowest BCUT2D eigenvalue weighted by Gasteiger charge is -2.18. The van der Waals surface area contributed by atoms with E-state index in [2.05, 4.69) is 25.7 Å². The zero-order chi connectivity index (χ0) is 23.2. The number of thioether (sulfide) groups is 1. The molecule has 176 valence electrons. The van der Waals surface area contributed by atoms with Crippen LogP contribution in [0.15, 0.2) is 29.4 Å². The highest BCUT2D eigenvalue weighted by molar-refractivity contribution is 7.99. The zero-order valence-electron chi connectivity index (χ0n) is 19.0. The Labute approximate surface area is 201 Å². The first-order valence-corrected chi connectivity index (χ1v) is 12.8. The summed E-state index contributed by atoms with van der Waals surface area (Å²) >= 11 is 2.80. The van der Waals surface area contributed by atoms with E-state index in [1.54, 1.807) is 7.11 Å². The fourth-order valence-electron chi connectivity index (χ4n) is 3.85. The van der Waals surface area contributed by atoms with Gasteiger partial charge in [-0.2, -0.15) is 0 Å². The summed E-state index contributed by atoms with van der Waals surface area (Å²) in [6, 6.07) is 7.46. The number of methoxy groups -OCH3 is 1. The molecule has 1 aromatic carbocycles. The van der Waals surface area contributed by atoms with Crippen molar-refractivity contribution in [3.8, 4) is 11.5 Å². The molecule has 1 N–H and O–H groups in total. The van der Waals surface area contributed by atoms with E-state index in [4.69, 9.17) is 9.47 Å². The Morgan fingerprint density at radius 3 is 2.70 bits per heavy atom. The van der Waals surface area contributed by atoms with Crippen LogP contribution in [0.3, 0.4) is 0 Å². The Bertz CT molecular complexity index is 1080. The van der Waals surface area contributed by atoms with Gasteiger partial charge in [0.25, 0.3) is 0 Å². The maximum atomic E-state index is 12.4. The van der Waals surface area contributed by atoms with E-state index in [0.717, 1.165) is 17.8 Å². The van der Waals surface area contributed by atoms with Crippen LogP contribution in [-0.2, 0) is 11.8 Å². The molecule has 33 heavy (non-hydrogen) atoms. The number of rotatable bonds is 9. The van der Waals surface area contributed by atoms with Gasteiger partial charge in [0.2, 0.25) is 11.0 Å². The SMILES string of the molecule is COc1ccccc1OC(C)c1nnc(SCC(=O)Nc2nnc(C3CCCCC3)s2)n1C. The summed E-state index contributed by atoms with van der Waals surface area (Å²) in [6.45, 7) is 1.90. The van der Waals surface area contributed by atoms with Crippen molar-refractivity contribution in [3.63, 3.8) is 0 Å². The summed E-state index contributed by atoms with van der Waals surface area (Å²) in [6.07, 6.45) is 5.75. The largest absolute Gasteiger partial charge is 0.493 e. The Kier molecular flexibility index (Phi) is 7.81. The van der Waals surface area contributed by atoms with Crippen molar-refractivity contribution < 1.29 is 14.3 Å². The number of nitrogens with zero attached hydrogens (tertiary/aromatic N) is 5. The van der Waals surface area contributed by atoms with Gasteiger partial charge in [0.1, 0.15) is 5.01 Å². The summed E-state index contributed by atoms with van der Waals surface area (Å²) in [5.74, 6) is 2.48. The van der Waals surface area contributed by atoms with Crippen LogP contribution in [0, 0.1) is 0 Å². The molecular weight excluding hydrogens is 460 g/mol. The number of carbonyl (C=O) groups excluding carboxylic acids is 1. The summed E-state index contributed by atoms with van der Waals surface area (Å²) in [4.78, 5) is 12.4. The molecule has 3 aromatic rings. The molecule has 1 atom stereocenters. The molecule has 2 heterocycles. The molecule has 1 aliphatic carbocycles. The standard InChI is InChI=1S/C22H28N6O3S2/c1-14(31-17-12-8-7-11-16(17)30-3)19-24-27-22(28(19)2)32-13-18(29)23-21-26-25-20(33-21)15-9-5-4-6-10-15/h7-8,11-12,14-15H,4-6,9-10,13H2,1-3H3,(H,23,26,29). The number of carbonyl (C=O) groups is 1. The lowest BCUT2D eigenvalue weighted by molar-refractivity contribution is -0.113. The highest BCUT2D eigenvalue weighted by atomic mass is 32.2. The molecule has 2 aromatic heterocycles. The van der Waals surface area contributed by atoms with Gasteiger partial charge >= 0.3 is 0 Å². The van der Waals surface area contributed by atoms with Crippen molar-refractivity contribution in [2.24, 2.45) is 7.05 Å². The van der Waals surface area contributed by atoms with Crippen LogP contribution < -0.4 is 14.8 Å². The minimum absolute atomic E-state index is 0.144. The van der Waals surface area contributed by atoms with Gasteiger partial charge in [-0.15, -0.1) is 20.4 Å². The van der Waals surface area contributed by atoms with Gasteiger partial charge in [-0.25, -0.2) is 0 Å². The Morgan fingerprint density at radius 1 is 1.18 bits per heavy atom. The third-order valence-electron chi connectivity index (χ3n) is 5.58. The molecule has 1 unspecified atom stereocenters. The van der Waals surface area contributed by atoms with Crippen molar-refractivity contribution in [1.29, 1.82) is 0 Å². The van der Waals surface area contributed by atoms with E-state index in [1.807, 2.05) is 42.8 Å². The first kappa shape index (κ1) is 23.5. The van der Waals surface area contributed by atoms with Crippen LogP contribution >= 0.6 is 23.1 Å². The second-order valence-electron chi connectivity index (χ2n) is 7.93. The minimum atomic E-state index is -0.346. The molecule has 1 amide bonds. The van der Waals surface area contributed by atoms with Gasteiger partial charge < -0.3 is 14.0 Å². The van der Waals surface area contributed by atoms with Crippen molar-refractivity contribution in [2.75, 3.05) is 18.2 Å². The van der Waals surface area contributed by atoms with Gasteiger partial charge in [0, 0.05) is 13.0 Å². The fraction of sp³-hybridized carbons (Fsp3) is 0.500. The topological polar surface area (TPSA) is 104 Å². The minimum Gasteiger partial charge on any atom is -0.493 e. The summed E-state index contributed by atoms with van der Waals surface area (Å²) in [5.41, 5.74) is 0. The molecule has 4 rings (SSSR count). The van der Waals surface area contributed by atoms with E-state index in [-0.39, 0.29) is 17.8 Å². The lowest BCUT2D eigenvalue weighted by atomic mass is 9.90. The predicted octanol–water partition coefficient (Wildman–Crippen LogP) is 4.59. The number of benzene rings is 1. The number of hydrogen-bond donors (Lipinski definition) is 1. The van der Waals surface area contributed by atoms with E-state index in [1.165, 1.54) is 42.4 Å². The van der Waals surface area contributed by atoms with Gasteiger partial charge in [-0.1, -0.05) is 54.5 Å². The number of nitrogens with one attached hydrogen (secondary N) is 1. The molecule has 1 aliphatic rings. The van der Waals surface area contributed by atoms with E-state index < -0.39 is 0 Å². The number of anilines is 1. The molecule has 9 nitrogen and oxygen atoms in total. The third-order valence-corrected chi connectivity index (χ3v) is 7.60. The normalized spacial score (nSPS) is 15.2. The number of ether oxygens (including phenoxy) is 2. The summed E-state index contributed by atoms with van der Waals surface area (Å²) < 4.78 is 13.2. The Hall–Kier alpha value is -2.66. The molecule has 0 saturated heterocycles. The fourth-order valence-corrected chi connectivity index (χ4v) is 5.50. The highest BCUT2D eigenvalue weighted by Gasteiger charge is 2.21. The van der Waals surface area contributed by atoms with Gasteiger partial charge in [-0.3, -0.25) is 10.1 Å². The number of para-hydroxylation sites is 2. The average Bonchev–Trinajstić information content (AvgIpc) is 3.45. The number of aromatic nitrogens is 5. The molecule has 0 spiro atoms. The van der Waals surface area contributed by atoms with Crippen LogP contribution in [0.2, 0.25) is 0 Å². The van der Waals surface area contributed by atoms with Gasteiger partial charge in [0.05, 0.1) is 12.9 Å². The van der Waals surface area contributed by atoms with Gasteiger partial charge in [-0.05, 0) is 31.9 Å². The second-order valence-corrected chi connectivity index (χ2v) is 9.88. The first-order valence-electron chi connectivity index (χ1n) is 11.0.